The van der Waals surface area contributed by atoms with E-state index in [2.05, 4.69) is 6.26 Å². The van der Waals surface area contributed by atoms with Gasteiger partial charge in [0.1, 0.15) is 5.78 Å². The Kier molecular flexibility index (Phi) is 4.38. The standard InChI is InChI=1S/C8H14OS2/c1-10-4-2-3-7-5-11-6-8(7)9/h7H,2-6H2,1H3. The SMILES string of the molecule is CSCCCC1CSCC1=O. The van der Waals surface area contributed by atoms with Gasteiger partial charge in [0.2, 0.25) is 0 Å². The average Bonchev–Trinajstić information content (AvgIpc) is 2.37. The largest absolute Gasteiger partial charge is 0.298 e. The van der Waals surface area contributed by atoms with E-state index in [0.29, 0.717) is 11.7 Å². The quantitative estimate of drug-likeness (QED) is 0.632. The second kappa shape index (κ2) is 5.09. The van der Waals surface area contributed by atoms with Crippen LogP contribution in [0.15, 0.2) is 0 Å². The van der Waals surface area contributed by atoms with E-state index < -0.39 is 0 Å². The first-order valence-corrected chi connectivity index (χ1v) is 6.49. The smallest absolute Gasteiger partial charge is 0.146 e. The van der Waals surface area contributed by atoms with E-state index in [9.17, 15) is 4.79 Å². The third kappa shape index (κ3) is 3.08. The Balaban J connectivity index is 2.10. The van der Waals surface area contributed by atoms with Crippen LogP contribution in [0.4, 0.5) is 0 Å². The highest BCUT2D eigenvalue weighted by Gasteiger charge is 2.23. The molecule has 3 heteroatoms. The molecular formula is C8H14OS2. The van der Waals surface area contributed by atoms with Gasteiger partial charge in [-0.25, -0.2) is 0 Å². The molecule has 0 radical (unpaired) electrons. The molecule has 11 heavy (non-hydrogen) atoms. The summed E-state index contributed by atoms with van der Waals surface area (Å²) in [5.41, 5.74) is 0. The van der Waals surface area contributed by atoms with Crippen molar-refractivity contribution in [3.8, 4) is 0 Å². The lowest BCUT2D eigenvalue weighted by Gasteiger charge is -2.04. The second-order valence-electron chi connectivity index (χ2n) is 2.81. The third-order valence-corrected chi connectivity index (χ3v) is 3.74. The summed E-state index contributed by atoms with van der Waals surface area (Å²) in [6.07, 6.45) is 4.44. The minimum atomic E-state index is 0.396. The van der Waals surface area contributed by atoms with Crippen molar-refractivity contribution in [2.24, 2.45) is 5.92 Å². The molecule has 1 nitrogen and oxygen atoms in total. The molecule has 1 atom stereocenters. The van der Waals surface area contributed by atoms with Crippen LogP contribution >= 0.6 is 23.5 Å². The van der Waals surface area contributed by atoms with Gasteiger partial charge in [0.05, 0.1) is 5.75 Å². The topological polar surface area (TPSA) is 17.1 Å². The Bertz CT molecular complexity index is 136. The molecule has 0 aromatic carbocycles. The Morgan fingerprint density at radius 2 is 2.55 bits per heavy atom. The summed E-state index contributed by atoms with van der Waals surface area (Å²) in [5, 5.41) is 0. The second-order valence-corrected chi connectivity index (χ2v) is 4.83. The zero-order valence-electron chi connectivity index (χ0n) is 6.84. The van der Waals surface area contributed by atoms with E-state index in [-0.39, 0.29) is 0 Å². The molecule has 0 amide bonds. The van der Waals surface area contributed by atoms with Gasteiger partial charge in [-0.1, -0.05) is 0 Å². The zero-order valence-corrected chi connectivity index (χ0v) is 8.47. The Morgan fingerprint density at radius 3 is 3.09 bits per heavy atom. The molecule has 1 aliphatic rings. The van der Waals surface area contributed by atoms with Gasteiger partial charge in [-0.2, -0.15) is 23.5 Å². The van der Waals surface area contributed by atoms with Crippen molar-refractivity contribution in [2.75, 3.05) is 23.5 Å². The van der Waals surface area contributed by atoms with Crippen molar-refractivity contribution in [1.29, 1.82) is 0 Å². The van der Waals surface area contributed by atoms with Crippen LogP contribution in [-0.4, -0.2) is 29.3 Å². The fraction of sp³-hybridized carbons (Fsp3) is 0.875. The molecular weight excluding hydrogens is 176 g/mol. The van der Waals surface area contributed by atoms with E-state index in [4.69, 9.17) is 0 Å². The summed E-state index contributed by atoms with van der Waals surface area (Å²) in [5.74, 6) is 3.93. The molecule has 1 heterocycles. The van der Waals surface area contributed by atoms with Gasteiger partial charge in [-0.05, 0) is 24.9 Å². The summed E-state index contributed by atoms with van der Waals surface area (Å²) in [7, 11) is 0. The molecule has 0 saturated carbocycles. The van der Waals surface area contributed by atoms with Crippen LogP contribution in [0.5, 0.6) is 0 Å². The Labute approximate surface area is 76.7 Å². The van der Waals surface area contributed by atoms with Gasteiger partial charge in [-0.15, -0.1) is 0 Å². The molecule has 64 valence electrons. The maximum absolute atomic E-state index is 11.1. The predicted molar refractivity (Wildman–Crippen MR) is 53.4 cm³/mol. The maximum atomic E-state index is 11.1. The molecule has 1 fully saturated rings. The van der Waals surface area contributed by atoms with Crippen LogP contribution < -0.4 is 0 Å². The fourth-order valence-electron chi connectivity index (χ4n) is 1.23. The number of hydrogen-bond donors (Lipinski definition) is 0. The highest BCUT2D eigenvalue weighted by molar-refractivity contribution is 8.00. The van der Waals surface area contributed by atoms with Crippen molar-refractivity contribution in [1.82, 2.24) is 0 Å². The molecule has 0 aromatic heterocycles. The molecule has 0 N–H and O–H groups in total. The van der Waals surface area contributed by atoms with E-state index >= 15 is 0 Å². The Morgan fingerprint density at radius 1 is 1.73 bits per heavy atom. The van der Waals surface area contributed by atoms with Gasteiger partial charge in [0, 0.05) is 11.7 Å². The molecule has 1 rings (SSSR count). The lowest BCUT2D eigenvalue weighted by atomic mass is 10.0. The van der Waals surface area contributed by atoms with Gasteiger partial charge in [0.25, 0.3) is 0 Å². The van der Waals surface area contributed by atoms with E-state index in [0.717, 1.165) is 17.9 Å². The van der Waals surface area contributed by atoms with E-state index in [1.165, 1.54) is 12.2 Å². The van der Waals surface area contributed by atoms with Crippen LogP contribution in [0.3, 0.4) is 0 Å². The lowest BCUT2D eigenvalue weighted by molar-refractivity contribution is -0.119. The van der Waals surface area contributed by atoms with E-state index in [1.807, 2.05) is 11.8 Å². The fourth-order valence-corrected chi connectivity index (χ4v) is 2.88. The van der Waals surface area contributed by atoms with E-state index in [1.54, 1.807) is 11.8 Å². The Hall–Kier alpha value is 0.370. The van der Waals surface area contributed by atoms with Crippen LogP contribution in [-0.2, 0) is 4.79 Å². The van der Waals surface area contributed by atoms with Crippen LogP contribution in [0.25, 0.3) is 0 Å². The van der Waals surface area contributed by atoms with Crippen LogP contribution in [0.1, 0.15) is 12.8 Å². The van der Waals surface area contributed by atoms with Gasteiger partial charge in [-0.3, -0.25) is 4.79 Å². The number of carbonyl (C=O) groups is 1. The predicted octanol–water partition coefficient (Wildman–Crippen LogP) is 2.06. The minimum Gasteiger partial charge on any atom is -0.298 e. The number of rotatable bonds is 4. The molecule has 0 aromatic rings. The molecule has 1 unspecified atom stereocenters. The van der Waals surface area contributed by atoms with Crippen molar-refractivity contribution in [3.05, 3.63) is 0 Å². The van der Waals surface area contributed by atoms with Crippen molar-refractivity contribution in [3.63, 3.8) is 0 Å². The first kappa shape index (κ1) is 9.46. The normalized spacial score (nSPS) is 24.5. The van der Waals surface area contributed by atoms with Gasteiger partial charge in [0.15, 0.2) is 0 Å². The van der Waals surface area contributed by atoms with Gasteiger partial charge >= 0.3 is 0 Å². The van der Waals surface area contributed by atoms with Gasteiger partial charge < -0.3 is 0 Å². The zero-order chi connectivity index (χ0) is 8.10. The number of ketones is 1. The molecule has 1 aliphatic heterocycles. The minimum absolute atomic E-state index is 0.396. The summed E-state index contributed by atoms with van der Waals surface area (Å²) < 4.78 is 0. The monoisotopic (exact) mass is 190 g/mol. The van der Waals surface area contributed by atoms with Crippen molar-refractivity contribution >= 4 is 29.3 Å². The number of Topliss-reactive ketones (excluding diaryl/α,β-unsaturated/α-hetero) is 1. The summed E-state index contributed by atoms with van der Waals surface area (Å²) in [6.45, 7) is 0. The maximum Gasteiger partial charge on any atom is 0.146 e. The number of thioether (sulfide) groups is 2. The summed E-state index contributed by atoms with van der Waals surface area (Å²) >= 11 is 3.66. The van der Waals surface area contributed by atoms with Crippen molar-refractivity contribution in [2.45, 2.75) is 12.8 Å². The first-order valence-electron chi connectivity index (χ1n) is 3.94. The average molecular weight is 190 g/mol. The van der Waals surface area contributed by atoms with Crippen molar-refractivity contribution < 1.29 is 4.79 Å². The molecule has 0 bridgehead atoms. The highest BCUT2D eigenvalue weighted by atomic mass is 32.2. The van der Waals surface area contributed by atoms with Crippen LogP contribution in [0.2, 0.25) is 0 Å². The lowest BCUT2D eigenvalue weighted by Crippen LogP contribution is -2.10. The highest BCUT2D eigenvalue weighted by Crippen LogP contribution is 2.24. The third-order valence-electron chi connectivity index (χ3n) is 1.92. The molecule has 0 aliphatic carbocycles. The first-order chi connectivity index (χ1) is 5.34. The molecule has 1 saturated heterocycles. The molecule has 0 spiro atoms. The number of hydrogen-bond acceptors (Lipinski definition) is 3. The number of carbonyl (C=O) groups excluding carboxylic acids is 1. The summed E-state index contributed by atoms with van der Waals surface area (Å²) in [4.78, 5) is 11.1. The summed E-state index contributed by atoms with van der Waals surface area (Å²) in [6, 6.07) is 0. The van der Waals surface area contributed by atoms with Crippen LogP contribution in [0, 0.1) is 5.92 Å².